The fourth-order valence-electron chi connectivity index (χ4n) is 3.02. The zero-order chi connectivity index (χ0) is 18.0. The number of thioether (sulfide) groups is 1. The quantitative estimate of drug-likeness (QED) is 0.547. The first-order chi connectivity index (χ1) is 12.0. The van der Waals surface area contributed by atoms with Crippen LogP contribution >= 0.6 is 35.0 Å². The molecular formula is C18H21Cl2N3OS. The molecule has 0 fully saturated rings. The minimum Gasteiger partial charge on any atom is -0.308 e. The van der Waals surface area contributed by atoms with Crippen molar-refractivity contribution in [2.75, 3.05) is 20.6 Å². The zero-order valence-electron chi connectivity index (χ0n) is 14.4. The molecule has 1 aromatic heterocycles. The lowest BCUT2D eigenvalue weighted by molar-refractivity contribution is 0.375. The van der Waals surface area contributed by atoms with Crippen LogP contribution in [-0.2, 0) is 25.1 Å². The van der Waals surface area contributed by atoms with E-state index in [1.54, 1.807) is 17.8 Å². The first-order valence-electron chi connectivity index (χ1n) is 8.29. The Kier molecular flexibility index (Phi) is 6.10. The Bertz CT molecular complexity index is 836. The van der Waals surface area contributed by atoms with E-state index in [2.05, 4.69) is 9.88 Å². The van der Waals surface area contributed by atoms with Crippen LogP contribution in [0.2, 0.25) is 10.0 Å². The van der Waals surface area contributed by atoms with Crippen LogP contribution in [0.1, 0.15) is 23.2 Å². The molecule has 1 aliphatic rings. The second-order valence-electron chi connectivity index (χ2n) is 6.46. The van der Waals surface area contributed by atoms with Gasteiger partial charge >= 0.3 is 5.69 Å². The molecule has 0 aliphatic heterocycles. The van der Waals surface area contributed by atoms with Crippen molar-refractivity contribution < 1.29 is 0 Å². The topological polar surface area (TPSA) is 38.1 Å². The van der Waals surface area contributed by atoms with E-state index in [0.717, 1.165) is 42.1 Å². The number of hydrogen-bond acceptors (Lipinski definition) is 4. The number of nitrogens with zero attached hydrogens (tertiary/aromatic N) is 3. The Morgan fingerprint density at radius 1 is 1.28 bits per heavy atom. The average molecular weight is 398 g/mol. The third kappa shape index (κ3) is 4.40. The van der Waals surface area contributed by atoms with Gasteiger partial charge in [0, 0.05) is 40.1 Å². The summed E-state index contributed by atoms with van der Waals surface area (Å²) in [5, 5.41) is 2.13. The fourth-order valence-corrected chi connectivity index (χ4v) is 4.66. The van der Waals surface area contributed by atoms with E-state index in [1.165, 1.54) is 5.56 Å². The molecule has 134 valence electrons. The lowest BCUT2D eigenvalue weighted by Gasteiger charge is -2.16. The van der Waals surface area contributed by atoms with Crippen LogP contribution in [0.4, 0.5) is 0 Å². The maximum Gasteiger partial charge on any atom is 0.348 e. The van der Waals surface area contributed by atoms with Crippen molar-refractivity contribution in [2.45, 2.75) is 36.6 Å². The summed E-state index contributed by atoms with van der Waals surface area (Å²) in [6.07, 6.45) is 3.02. The SMILES string of the molecule is CN(C)CCn1c2c(c(SCc3ccc(Cl)cc3Cl)nc1=O)CCC2. The highest BCUT2D eigenvalue weighted by molar-refractivity contribution is 7.98. The van der Waals surface area contributed by atoms with Gasteiger partial charge in [-0.25, -0.2) is 4.79 Å². The lowest BCUT2D eigenvalue weighted by Crippen LogP contribution is -2.31. The van der Waals surface area contributed by atoms with Gasteiger partial charge in [-0.15, -0.1) is 11.8 Å². The van der Waals surface area contributed by atoms with Crippen molar-refractivity contribution >= 4 is 35.0 Å². The van der Waals surface area contributed by atoms with E-state index in [4.69, 9.17) is 23.2 Å². The molecule has 0 bridgehead atoms. The van der Waals surface area contributed by atoms with Crippen molar-refractivity contribution in [3.63, 3.8) is 0 Å². The van der Waals surface area contributed by atoms with Crippen LogP contribution in [0.5, 0.6) is 0 Å². The molecule has 0 saturated carbocycles. The van der Waals surface area contributed by atoms with Gasteiger partial charge in [0.1, 0.15) is 5.03 Å². The Balaban J connectivity index is 1.84. The largest absolute Gasteiger partial charge is 0.348 e. The number of fused-ring (bicyclic) bond motifs is 1. The van der Waals surface area contributed by atoms with Crippen molar-refractivity contribution in [3.8, 4) is 0 Å². The molecular weight excluding hydrogens is 377 g/mol. The smallest absolute Gasteiger partial charge is 0.308 e. The van der Waals surface area contributed by atoms with Gasteiger partial charge < -0.3 is 4.90 Å². The lowest BCUT2D eigenvalue weighted by atomic mass is 10.2. The van der Waals surface area contributed by atoms with Crippen molar-refractivity contribution in [1.82, 2.24) is 14.5 Å². The number of rotatable bonds is 6. The monoisotopic (exact) mass is 397 g/mol. The first kappa shape index (κ1) is 18.8. The molecule has 0 saturated heterocycles. The Morgan fingerprint density at radius 3 is 2.80 bits per heavy atom. The van der Waals surface area contributed by atoms with Gasteiger partial charge in [0.05, 0.1) is 0 Å². The third-order valence-electron chi connectivity index (χ3n) is 4.35. The van der Waals surface area contributed by atoms with E-state index < -0.39 is 0 Å². The molecule has 1 aromatic carbocycles. The number of benzene rings is 1. The van der Waals surface area contributed by atoms with Crippen LogP contribution in [-0.4, -0.2) is 35.1 Å². The molecule has 25 heavy (non-hydrogen) atoms. The van der Waals surface area contributed by atoms with E-state index in [-0.39, 0.29) is 5.69 Å². The van der Waals surface area contributed by atoms with Crippen molar-refractivity contribution in [3.05, 3.63) is 55.5 Å². The number of likely N-dealkylation sites (N-methyl/N-ethyl adjacent to an activating group) is 1. The summed E-state index contributed by atoms with van der Waals surface area (Å²) < 4.78 is 1.85. The van der Waals surface area contributed by atoms with Crippen LogP contribution in [0, 0.1) is 0 Å². The summed E-state index contributed by atoms with van der Waals surface area (Å²) in [6.45, 7) is 1.52. The average Bonchev–Trinajstić information content (AvgIpc) is 3.02. The molecule has 1 heterocycles. The molecule has 0 radical (unpaired) electrons. The van der Waals surface area contributed by atoms with Gasteiger partial charge in [0.2, 0.25) is 0 Å². The molecule has 7 heteroatoms. The fraction of sp³-hybridized carbons (Fsp3) is 0.444. The predicted molar refractivity (Wildman–Crippen MR) is 105 cm³/mol. The van der Waals surface area contributed by atoms with Crippen molar-refractivity contribution in [1.29, 1.82) is 0 Å². The molecule has 0 spiro atoms. The molecule has 0 atom stereocenters. The summed E-state index contributed by atoms with van der Waals surface area (Å²) in [5.74, 6) is 0.677. The maximum absolute atomic E-state index is 12.5. The first-order valence-corrected chi connectivity index (χ1v) is 10.0. The minimum atomic E-state index is -0.146. The van der Waals surface area contributed by atoms with E-state index >= 15 is 0 Å². The highest BCUT2D eigenvalue weighted by Crippen LogP contribution is 2.33. The minimum absolute atomic E-state index is 0.146. The number of halogens is 2. The van der Waals surface area contributed by atoms with Gasteiger partial charge in [-0.1, -0.05) is 29.3 Å². The number of aromatic nitrogens is 2. The summed E-state index contributed by atoms with van der Waals surface area (Å²) in [7, 11) is 4.03. The predicted octanol–water partition coefficient (Wildman–Crippen LogP) is 3.89. The third-order valence-corrected chi connectivity index (χ3v) is 6.00. The van der Waals surface area contributed by atoms with Gasteiger partial charge in [0.15, 0.2) is 0 Å². The normalized spacial score (nSPS) is 13.5. The Morgan fingerprint density at radius 2 is 2.08 bits per heavy atom. The standard InChI is InChI=1S/C18H21Cl2N3OS/c1-22(2)8-9-23-16-5-3-4-14(16)17(21-18(23)24)25-11-12-6-7-13(19)10-15(12)20/h6-7,10H,3-5,8-9,11H2,1-2H3. The molecule has 4 nitrogen and oxygen atoms in total. The molecule has 3 rings (SSSR count). The van der Waals surface area contributed by atoms with Gasteiger partial charge in [-0.05, 0) is 51.1 Å². The molecule has 1 aliphatic carbocycles. The summed E-state index contributed by atoms with van der Waals surface area (Å²) in [6, 6.07) is 5.51. The van der Waals surface area contributed by atoms with E-state index in [1.807, 2.05) is 30.8 Å². The maximum atomic E-state index is 12.5. The number of hydrogen-bond donors (Lipinski definition) is 0. The molecule has 2 aromatic rings. The second-order valence-corrected chi connectivity index (χ2v) is 8.27. The summed E-state index contributed by atoms with van der Waals surface area (Å²) >= 11 is 13.8. The highest BCUT2D eigenvalue weighted by Gasteiger charge is 2.22. The van der Waals surface area contributed by atoms with Crippen LogP contribution in [0.3, 0.4) is 0 Å². The van der Waals surface area contributed by atoms with Crippen molar-refractivity contribution in [2.24, 2.45) is 0 Å². The van der Waals surface area contributed by atoms with Gasteiger partial charge in [-0.3, -0.25) is 4.57 Å². The Labute approximate surface area is 162 Å². The van der Waals surface area contributed by atoms with Crippen LogP contribution in [0.25, 0.3) is 0 Å². The van der Waals surface area contributed by atoms with Crippen LogP contribution in [0.15, 0.2) is 28.0 Å². The van der Waals surface area contributed by atoms with Gasteiger partial charge in [-0.2, -0.15) is 4.98 Å². The van der Waals surface area contributed by atoms with E-state index in [9.17, 15) is 4.79 Å². The Hall–Kier alpha value is -1.01. The second kappa shape index (κ2) is 8.12. The zero-order valence-corrected chi connectivity index (χ0v) is 16.7. The van der Waals surface area contributed by atoms with E-state index in [0.29, 0.717) is 22.3 Å². The van der Waals surface area contributed by atoms with Crippen LogP contribution < -0.4 is 5.69 Å². The van der Waals surface area contributed by atoms with Gasteiger partial charge in [0.25, 0.3) is 0 Å². The molecule has 0 N–H and O–H groups in total. The molecule has 0 unspecified atom stereocenters. The highest BCUT2D eigenvalue weighted by atomic mass is 35.5. The summed E-state index contributed by atoms with van der Waals surface area (Å²) in [5.41, 5.74) is 3.24. The summed E-state index contributed by atoms with van der Waals surface area (Å²) in [4.78, 5) is 19.0. The molecule has 0 amide bonds.